The maximum atomic E-state index is 14.0. The summed E-state index contributed by atoms with van der Waals surface area (Å²) in [6.07, 6.45) is -7.33. The fourth-order valence-electron chi connectivity index (χ4n) is 5.82. The number of benzene rings is 6. The zero-order valence-electron chi connectivity index (χ0n) is 31.9. The Morgan fingerprint density at radius 3 is 0.717 bits per heavy atom. The molecule has 0 radical (unpaired) electrons. The zero-order valence-corrected chi connectivity index (χ0v) is 31.9. The fourth-order valence-corrected chi connectivity index (χ4v) is 5.82. The topological polar surface area (TPSA) is 158 Å². The molecule has 12 nitrogen and oxygen atoms in total. The molecule has 302 valence electrons. The smallest absolute Gasteiger partial charge is 0.338 e. The largest absolute Gasteiger partial charge is 0.458 e. The van der Waals surface area contributed by atoms with Crippen molar-refractivity contribution < 1.29 is 57.2 Å². The fraction of sp³-hybridized carbons (Fsp3) is 0.125. The third-order valence-electron chi connectivity index (χ3n) is 8.87. The lowest BCUT2D eigenvalue weighted by atomic mass is 10.0. The van der Waals surface area contributed by atoms with Gasteiger partial charge in [0.1, 0.15) is 13.2 Å². The van der Waals surface area contributed by atoms with E-state index in [2.05, 4.69) is 0 Å². The molecule has 0 aliphatic heterocycles. The first-order valence-electron chi connectivity index (χ1n) is 18.8. The predicted octanol–water partition coefficient (Wildman–Crippen LogP) is 7.60. The third kappa shape index (κ3) is 11.6. The highest BCUT2D eigenvalue weighted by molar-refractivity contribution is 5.93. The standard InChI is InChI=1S/C48H38O12/c49-43(33-19-7-1-8-20-33)55-31-39(57-45(51)35-23-11-3-12-24-35)41(59-47(53)37-27-15-5-16-28-37)42(60-48(54)38-29-17-6-18-30-38)40(58-46(52)36-25-13-4-14-26-36)32-56-44(50)34-21-9-2-10-22-34/h1-30,39-42H,31-32H2/t39-,40-,41-,42-/m1/s1. The predicted molar refractivity (Wildman–Crippen MR) is 216 cm³/mol. The van der Waals surface area contributed by atoms with Crippen LogP contribution in [0.2, 0.25) is 0 Å². The molecule has 0 spiro atoms. The average molecular weight is 807 g/mol. The molecule has 0 saturated heterocycles. The molecule has 0 N–H and O–H groups in total. The van der Waals surface area contributed by atoms with Gasteiger partial charge in [-0.3, -0.25) is 0 Å². The number of hydrogen-bond acceptors (Lipinski definition) is 12. The van der Waals surface area contributed by atoms with Gasteiger partial charge in [0.15, 0.2) is 24.4 Å². The monoisotopic (exact) mass is 806 g/mol. The van der Waals surface area contributed by atoms with E-state index in [1.165, 1.54) is 72.8 Å². The quantitative estimate of drug-likeness (QED) is 0.0658. The molecule has 0 unspecified atom stereocenters. The highest BCUT2D eigenvalue weighted by Gasteiger charge is 2.46. The molecule has 6 aromatic carbocycles. The maximum absolute atomic E-state index is 14.0. The van der Waals surface area contributed by atoms with Gasteiger partial charge in [-0.15, -0.1) is 0 Å². The summed E-state index contributed by atoms with van der Waals surface area (Å²) in [5.41, 5.74) is 0.534. The second-order valence-corrected chi connectivity index (χ2v) is 13.0. The highest BCUT2D eigenvalue weighted by atomic mass is 16.6. The average Bonchev–Trinajstić information content (AvgIpc) is 3.31. The Morgan fingerprint density at radius 1 is 0.283 bits per heavy atom. The van der Waals surface area contributed by atoms with E-state index >= 15 is 0 Å². The molecule has 12 heteroatoms. The summed E-state index contributed by atoms with van der Waals surface area (Å²) in [7, 11) is 0. The molecule has 0 aliphatic carbocycles. The molecule has 0 aromatic heterocycles. The number of hydrogen-bond donors (Lipinski definition) is 0. The van der Waals surface area contributed by atoms with Crippen LogP contribution >= 0.6 is 0 Å². The number of ether oxygens (including phenoxy) is 6. The summed E-state index contributed by atoms with van der Waals surface area (Å²) in [5, 5.41) is 0. The molecule has 0 heterocycles. The molecular formula is C48H38O12. The van der Waals surface area contributed by atoms with Crippen molar-refractivity contribution in [2.75, 3.05) is 13.2 Å². The van der Waals surface area contributed by atoms with E-state index in [1.54, 1.807) is 109 Å². The van der Waals surface area contributed by atoms with Crippen LogP contribution in [0.3, 0.4) is 0 Å². The summed E-state index contributed by atoms with van der Waals surface area (Å²) >= 11 is 0. The van der Waals surface area contributed by atoms with E-state index in [1.807, 2.05) is 0 Å². The van der Waals surface area contributed by atoms with Crippen molar-refractivity contribution in [3.8, 4) is 0 Å². The Morgan fingerprint density at radius 2 is 0.483 bits per heavy atom. The SMILES string of the molecule is O=C(OC[C@@H](OC(=O)c1ccccc1)[C@@H](OC(=O)c1ccccc1)[C@H](OC(=O)c1ccccc1)[C@@H](COC(=O)c1ccccc1)OC(=O)c1ccccc1)c1ccccc1. The Bertz CT molecular complexity index is 2170. The Kier molecular flexibility index (Phi) is 14.7. The molecule has 4 atom stereocenters. The van der Waals surface area contributed by atoms with Crippen LogP contribution in [0.1, 0.15) is 62.1 Å². The second-order valence-electron chi connectivity index (χ2n) is 13.0. The van der Waals surface area contributed by atoms with Crippen molar-refractivity contribution in [2.45, 2.75) is 24.4 Å². The van der Waals surface area contributed by atoms with Crippen molar-refractivity contribution in [2.24, 2.45) is 0 Å². The van der Waals surface area contributed by atoms with Crippen molar-refractivity contribution in [3.63, 3.8) is 0 Å². The maximum Gasteiger partial charge on any atom is 0.338 e. The molecular weight excluding hydrogens is 769 g/mol. The first kappa shape index (κ1) is 41.8. The van der Waals surface area contributed by atoms with Gasteiger partial charge in [0, 0.05) is 0 Å². The van der Waals surface area contributed by atoms with Crippen LogP contribution in [0.5, 0.6) is 0 Å². The molecule has 0 fully saturated rings. The van der Waals surface area contributed by atoms with E-state index in [9.17, 15) is 28.8 Å². The van der Waals surface area contributed by atoms with E-state index in [-0.39, 0.29) is 33.4 Å². The summed E-state index contributed by atoms with van der Waals surface area (Å²) in [6, 6.07) is 47.1. The zero-order chi connectivity index (χ0) is 42.1. The van der Waals surface area contributed by atoms with Crippen LogP contribution < -0.4 is 0 Å². The highest BCUT2D eigenvalue weighted by Crippen LogP contribution is 2.25. The van der Waals surface area contributed by atoms with Crippen LogP contribution in [-0.2, 0) is 28.4 Å². The molecule has 0 aliphatic rings. The first-order valence-corrected chi connectivity index (χ1v) is 18.8. The Labute approximate surface area is 345 Å². The van der Waals surface area contributed by atoms with Gasteiger partial charge in [-0.2, -0.15) is 0 Å². The van der Waals surface area contributed by atoms with Crippen LogP contribution in [0.15, 0.2) is 182 Å². The van der Waals surface area contributed by atoms with Gasteiger partial charge in [-0.05, 0) is 72.8 Å². The number of carbonyl (C=O) groups is 6. The Balaban J connectivity index is 1.48. The molecule has 6 rings (SSSR count). The number of esters is 6. The second kappa shape index (κ2) is 21.1. The molecule has 60 heavy (non-hydrogen) atoms. The van der Waals surface area contributed by atoms with Crippen molar-refractivity contribution in [1.82, 2.24) is 0 Å². The van der Waals surface area contributed by atoms with Gasteiger partial charge < -0.3 is 28.4 Å². The number of carbonyl (C=O) groups excluding carboxylic acids is 6. The molecule has 0 bridgehead atoms. The van der Waals surface area contributed by atoms with Crippen molar-refractivity contribution in [3.05, 3.63) is 215 Å². The van der Waals surface area contributed by atoms with Gasteiger partial charge in [-0.1, -0.05) is 109 Å². The molecule has 0 amide bonds. The first-order chi connectivity index (χ1) is 29.3. The van der Waals surface area contributed by atoms with Crippen molar-refractivity contribution in [1.29, 1.82) is 0 Å². The summed E-state index contributed by atoms with van der Waals surface area (Å²) in [5.74, 6) is -5.48. The van der Waals surface area contributed by atoms with Crippen LogP contribution in [-0.4, -0.2) is 73.4 Å². The van der Waals surface area contributed by atoms with E-state index in [0.717, 1.165) is 0 Å². The van der Waals surface area contributed by atoms with Crippen LogP contribution in [0.25, 0.3) is 0 Å². The lowest BCUT2D eigenvalue weighted by molar-refractivity contribution is -0.138. The molecule has 6 aromatic rings. The summed E-state index contributed by atoms with van der Waals surface area (Å²) in [6.45, 7) is -1.52. The van der Waals surface area contributed by atoms with Gasteiger partial charge in [0.2, 0.25) is 0 Å². The van der Waals surface area contributed by atoms with E-state index in [0.29, 0.717) is 0 Å². The Hall–Kier alpha value is -7.86. The van der Waals surface area contributed by atoms with Crippen LogP contribution in [0.4, 0.5) is 0 Å². The minimum Gasteiger partial charge on any atom is -0.458 e. The number of rotatable bonds is 17. The van der Waals surface area contributed by atoms with Gasteiger partial charge in [0.05, 0.1) is 33.4 Å². The minimum atomic E-state index is -1.91. The normalized spacial score (nSPS) is 12.6. The summed E-state index contributed by atoms with van der Waals surface area (Å²) in [4.78, 5) is 82.5. The van der Waals surface area contributed by atoms with Crippen LogP contribution in [0, 0.1) is 0 Å². The lowest BCUT2D eigenvalue weighted by Crippen LogP contribution is -2.54. The van der Waals surface area contributed by atoms with Crippen molar-refractivity contribution >= 4 is 35.8 Å². The molecule has 0 saturated carbocycles. The lowest BCUT2D eigenvalue weighted by Gasteiger charge is -2.35. The van der Waals surface area contributed by atoms with E-state index < -0.39 is 73.4 Å². The van der Waals surface area contributed by atoms with E-state index in [4.69, 9.17) is 28.4 Å². The minimum absolute atomic E-state index is 0.0402. The van der Waals surface area contributed by atoms with Gasteiger partial charge in [-0.25, -0.2) is 28.8 Å². The summed E-state index contributed by atoms with van der Waals surface area (Å²) < 4.78 is 35.6. The third-order valence-corrected chi connectivity index (χ3v) is 8.87. The van der Waals surface area contributed by atoms with Gasteiger partial charge >= 0.3 is 35.8 Å². The van der Waals surface area contributed by atoms with Gasteiger partial charge in [0.25, 0.3) is 0 Å².